The van der Waals surface area contributed by atoms with Gasteiger partial charge in [0.15, 0.2) is 0 Å². The van der Waals surface area contributed by atoms with Crippen molar-refractivity contribution in [2.24, 2.45) is 0 Å². The monoisotopic (exact) mass is 326 g/mol. The molecule has 10 heteroatoms. The first-order chi connectivity index (χ1) is 10.8. The van der Waals surface area contributed by atoms with Crippen molar-refractivity contribution in [2.45, 2.75) is 0 Å². The Kier molecular flexibility index (Phi) is 5.78. The molecule has 0 aliphatic heterocycles. The molecule has 2 N–H and O–H groups in total. The summed E-state index contributed by atoms with van der Waals surface area (Å²) in [4.78, 5) is 18.9. The Bertz CT molecular complexity index is 736. The standard InChI is InChI=1S/C7H7NO4.C6H4FNO3/c1-12-7-4-5(9)2-3-6(7)8(10)11;7-5-3-4(9)1-2-6(5)8(10)11/h2-4,9H,1H3;1-3,9H. The zero-order chi connectivity index (χ0) is 17.6. The summed E-state index contributed by atoms with van der Waals surface area (Å²) in [6, 6.07) is 6.27. The highest BCUT2D eigenvalue weighted by molar-refractivity contribution is 5.50. The molecule has 0 amide bonds. The van der Waals surface area contributed by atoms with Gasteiger partial charge in [0.25, 0.3) is 0 Å². The molecule has 23 heavy (non-hydrogen) atoms. The van der Waals surface area contributed by atoms with Gasteiger partial charge in [0.1, 0.15) is 11.5 Å². The van der Waals surface area contributed by atoms with Gasteiger partial charge in [-0.1, -0.05) is 0 Å². The van der Waals surface area contributed by atoms with E-state index in [0.717, 1.165) is 12.1 Å². The predicted octanol–water partition coefficient (Wildman–Crippen LogP) is 2.75. The van der Waals surface area contributed by atoms with E-state index >= 15 is 0 Å². The maximum Gasteiger partial charge on any atom is 0.311 e. The Morgan fingerprint density at radius 2 is 1.43 bits per heavy atom. The fourth-order valence-corrected chi connectivity index (χ4v) is 1.46. The van der Waals surface area contributed by atoms with Crippen LogP contribution in [0.5, 0.6) is 17.2 Å². The minimum absolute atomic E-state index is 0.0556. The van der Waals surface area contributed by atoms with E-state index in [2.05, 4.69) is 4.74 Å². The van der Waals surface area contributed by atoms with Crippen molar-refractivity contribution in [3.05, 3.63) is 62.4 Å². The highest BCUT2D eigenvalue weighted by atomic mass is 19.1. The number of phenolic OH excluding ortho intramolecular Hbond substituents is 2. The Balaban J connectivity index is 0.000000231. The lowest BCUT2D eigenvalue weighted by Gasteiger charge is -2.00. The number of hydrogen-bond acceptors (Lipinski definition) is 7. The summed E-state index contributed by atoms with van der Waals surface area (Å²) in [5.74, 6) is -1.36. The third kappa shape index (κ3) is 4.81. The van der Waals surface area contributed by atoms with Gasteiger partial charge >= 0.3 is 11.4 Å². The van der Waals surface area contributed by atoms with Gasteiger partial charge in [-0.2, -0.15) is 4.39 Å². The third-order valence-corrected chi connectivity index (χ3v) is 2.49. The average molecular weight is 326 g/mol. The predicted molar refractivity (Wildman–Crippen MR) is 76.0 cm³/mol. The van der Waals surface area contributed by atoms with Crippen LogP contribution in [0.1, 0.15) is 0 Å². The van der Waals surface area contributed by atoms with Crippen molar-refractivity contribution in [3.63, 3.8) is 0 Å². The molecule has 0 saturated carbocycles. The zero-order valence-corrected chi connectivity index (χ0v) is 11.7. The van der Waals surface area contributed by atoms with Crippen LogP contribution in [0.15, 0.2) is 36.4 Å². The summed E-state index contributed by atoms with van der Waals surface area (Å²) in [6.45, 7) is 0. The van der Waals surface area contributed by atoms with Crippen LogP contribution >= 0.6 is 0 Å². The van der Waals surface area contributed by atoms with E-state index in [-0.39, 0.29) is 22.9 Å². The average Bonchev–Trinajstić information content (AvgIpc) is 2.46. The molecule has 0 aliphatic rings. The number of nitro benzene ring substituents is 2. The summed E-state index contributed by atoms with van der Waals surface area (Å²) in [5, 5.41) is 38.0. The minimum Gasteiger partial charge on any atom is -0.508 e. The SMILES string of the molecule is COc1cc(O)ccc1[N+](=O)[O-].O=[N+]([O-])c1ccc(O)cc1F. The Morgan fingerprint density at radius 3 is 1.87 bits per heavy atom. The number of ether oxygens (including phenoxy) is 1. The van der Waals surface area contributed by atoms with Crippen molar-refractivity contribution < 1.29 is 29.2 Å². The maximum absolute atomic E-state index is 12.5. The van der Waals surface area contributed by atoms with Gasteiger partial charge in [-0.05, 0) is 12.1 Å². The van der Waals surface area contributed by atoms with E-state index in [0.29, 0.717) is 6.07 Å². The third-order valence-electron chi connectivity index (χ3n) is 2.49. The largest absolute Gasteiger partial charge is 0.508 e. The van der Waals surface area contributed by atoms with Crippen LogP contribution in [-0.2, 0) is 0 Å². The second-order valence-corrected chi connectivity index (χ2v) is 4.01. The molecule has 2 rings (SSSR count). The van der Waals surface area contributed by atoms with Crippen molar-refractivity contribution >= 4 is 11.4 Å². The molecule has 0 fully saturated rings. The summed E-state index contributed by atoms with van der Waals surface area (Å²) < 4.78 is 17.2. The summed E-state index contributed by atoms with van der Waals surface area (Å²) >= 11 is 0. The molecule has 0 aromatic heterocycles. The van der Waals surface area contributed by atoms with Gasteiger partial charge in [-0.15, -0.1) is 0 Å². The fourth-order valence-electron chi connectivity index (χ4n) is 1.46. The van der Waals surface area contributed by atoms with Crippen LogP contribution in [0, 0.1) is 26.0 Å². The van der Waals surface area contributed by atoms with Crippen LogP contribution < -0.4 is 4.74 Å². The van der Waals surface area contributed by atoms with E-state index < -0.39 is 21.4 Å². The summed E-state index contributed by atoms with van der Waals surface area (Å²) in [6.07, 6.45) is 0. The van der Waals surface area contributed by atoms with E-state index in [1.807, 2.05) is 0 Å². The van der Waals surface area contributed by atoms with Crippen molar-refractivity contribution in [1.29, 1.82) is 0 Å². The van der Waals surface area contributed by atoms with E-state index in [9.17, 15) is 24.6 Å². The van der Waals surface area contributed by atoms with Gasteiger partial charge in [0, 0.05) is 24.3 Å². The number of benzene rings is 2. The molecule has 0 spiro atoms. The second kappa shape index (κ2) is 7.54. The highest BCUT2D eigenvalue weighted by Crippen LogP contribution is 2.29. The second-order valence-electron chi connectivity index (χ2n) is 4.01. The smallest absolute Gasteiger partial charge is 0.311 e. The lowest BCUT2D eigenvalue weighted by Crippen LogP contribution is -1.92. The van der Waals surface area contributed by atoms with Crippen LogP contribution in [-0.4, -0.2) is 27.2 Å². The first-order valence-corrected chi connectivity index (χ1v) is 5.90. The van der Waals surface area contributed by atoms with Gasteiger partial charge in [-0.3, -0.25) is 20.2 Å². The normalized spacial score (nSPS) is 9.48. The first kappa shape index (κ1) is 17.6. The molecular weight excluding hydrogens is 315 g/mol. The summed E-state index contributed by atoms with van der Waals surface area (Å²) in [5.41, 5.74) is -0.793. The molecule has 9 nitrogen and oxygen atoms in total. The number of methoxy groups -OCH3 is 1. The lowest BCUT2D eigenvalue weighted by molar-refractivity contribution is -0.387. The molecule has 2 aromatic carbocycles. The molecule has 0 unspecified atom stereocenters. The van der Waals surface area contributed by atoms with E-state index in [4.69, 9.17) is 10.2 Å². The molecule has 0 bridgehead atoms. The molecule has 0 radical (unpaired) electrons. The first-order valence-electron chi connectivity index (χ1n) is 5.90. The van der Waals surface area contributed by atoms with E-state index in [1.165, 1.54) is 25.3 Å². The molecule has 122 valence electrons. The fraction of sp³-hybridized carbons (Fsp3) is 0.0769. The molecule has 0 heterocycles. The number of phenols is 2. The molecule has 2 aromatic rings. The van der Waals surface area contributed by atoms with Crippen LogP contribution in [0.25, 0.3) is 0 Å². The van der Waals surface area contributed by atoms with Crippen molar-refractivity contribution in [3.8, 4) is 17.2 Å². The quantitative estimate of drug-likeness (QED) is 0.653. The number of nitrogens with zero attached hydrogens (tertiary/aromatic N) is 2. The molecule has 0 saturated heterocycles. The topological polar surface area (TPSA) is 136 Å². The lowest BCUT2D eigenvalue weighted by atomic mass is 10.3. The zero-order valence-electron chi connectivity index (χ0n) is 11.7. The van der Waals surface area contributed by atoms with Gasteiger partial charge in [-0.25, -0.2) is 0 Å². The van der Waals surface area contributed by atoms with Crippen molar-refractivity contribution in [1.82, 2.24) is 0 Å². The Labute approximate surface area is 128 Å². The van der Waals surface area contributed by atoms with Crippen LogP contribution in [0.2, 0.25) is 0 Å². The number of hydrogen-bond donors (Lipinski definition) is 2. The number of halogens is 1. The van der Waals surface area contributed by atoms with Gasteiger partial charge in [0.2, 0.25) is 11.6 Å². The molecular formula is C13H11FN2O7. The van der Waals surface area contributed by atoms with Crippen LogP contribution in [0.3, 0.4) is 0 Å². The Morgan fingerprint density at radius 1 is 0.957 bits per heavy atom. The van der Waals surface area contributed by atoms with Crippen LogP contribution in [0.4, 0.5) is 15.8 Å². The van der Waals surface area contributed by atoms with Gasteiger partial charge in [0.05, 0.1) is 17.0 Å². The maximum atomic E-state index is 12.5. The number of rotatable bonds is 3. The number of nitro groups is 2. The van der Waals surface area contributed by atoms with Gasteiger partial charge < -0.3 is 14.9 Å². The Hall–Kier alpha value is -3.43. The number of aromatic hydroxyl groups is 2. The minimum atomic E-state index is -1.03. The molecule has 0 atom stereocenters. The van der Waals surface area contributed by atoms with Crippen molar-refractivity contribution in [2.75, 3.05) is 7.11 Å². The highest BCUT2D eigenvalue weighted by Gasteiger charge is 2.14. The molecule has 0 aliphatic carbocycles. The summed E-state index contributed by atoms with van der Waals surface area (Å²) in [7, 11) is 1.31. The van der Waals surface area contributed by atoms with E-state index in [1.54, 1.807) is 0 Å².